The predicted molar refractivity (Wildman–Crippen MR) is 114 cm³/mol. The van der Waals surface area contributed by atoms with Gasteiger partial charge in [-0.3, -0.25) is 4.79 Å². The van der Waals surface area contributed by atoms with Gasteiger partial charge in [-0.05, 0) is 24.4 Å². The summed E-state index contributed by atoms with van der Waals surface area (Å²) in [6.07, 6.45) is 0. The van der Waals surface area contributed by atoms with Crippen molar-refractivity contribution in [3.63, 3.8) is 0 Å². The van der Waals surface area contributed by atoms with E-state index in [0.29, 0.717) is 0 Å². The van der Waals surface area contributed by atoms with Gasteiger partial charge in [0.1, 0.15) is 10.9 Å². The van der Waals surface area contributed by atoms with Crippen LogP contribution in [0.4, 0.5) is 0 Å². The number of carbonyl (C=O) groups excluding carboxylic acids is 1. The van der Waals surface area contributed by atoms with E-state index in [1.54, 1.807) is 0 Å². The Morgan fingerprint density at radius 3 is 2.70 bits per heavy atom. The van der Waals surface area contributed by atoms with Crippen molar-refractivity contribution in [2.45, 2.75) is 17.7 Å². The molecular weight excluding hydrogens is 500 g/mol. The molecule has 4 rings (SSSR count). The molecule has 1 atom stereocenters. The normalized spacial score (nSPS) is 13.5. The summed E-state index contributed by atoms with van der Waals surface area (Å²) < 4.78 is 48.7. The van der Waals surface area contributed by atoms with Crippen molar-refractivity contribution in [2.24, 2.45) is 0 Å². The van der Waals surface area contributed by atoms with Gasteiger partial charge in [-0.1, -0.05) is 16.8 Å². The number of rotatable bonds is 7. The van der Waals surface area contributed by atoms with Gasteiger partial charge in [0, 0.05) is 10.9 Å². The SMILES string of the molecule is COc1c2c(cc(C(=O)O)c1C(C(=O)NS(=O)(=O)c1ccsc1)c1onc(C)c1Cl)OCO2. The van der Waals surface area contributed by atoms with Crippen molar-refractivity contribution in [1.29, 1.82) is 0 Å². The topological polar surface area (TPSA) is 154 Å². The molecule has 1 amide bonds. The number of aromatic carboxylic acids is 1. The fourth-order valence-electron chi connectivity index (χ4n) is 3.28. The number of hydrogen-bond acceptors (Lipinski definition) is 10. The van der Waals surface area contributed by atoms with Gasteiger partial charge in [-0.15, -0.1) is 0 Å². The zero-order valence-electron chi connectivity index (χ0n) is 16.9. The fourth-order valence-corrected chi connectivity index (χ4v) is 5.49. The van der Waals surface area contributed by atoms with E-state index in [0.717, 1.165) is 17.4 Å². The first kappa shape index (κ1) is 22.9. The molecule has 11 nitrogen and oxygen atoms in total. The van der Waals surface area contributed by atoms with Crippen molar-refractivity contribution in [3.8, 4) is 17.2 Å². The molecule has 174 valence electrons. The lowest BCUT2D eigenvalue weighted by Gasteiger charge is -2.20. The van der Waals surface area contributed by atoms with Crippen molar-refractivity contribution in [3.05, 3.63) is 50.5 Å². The Morgan fingerprint density at radius 2 is 2.12 bits per heavy atom. The molecular formula is C19H15ClN2O9S2. The summed E-state index contributed by atoms with van der Waals surface area (Å²) in [5.74, 6) is -4.55. The van der Waals surface area contributed by atoms with Crippen molar-refractivity contribution in [1.82, 2.24) is 9.88 Å². The van der Waals surface area contributed by atoms with Crippen LogP contribution in [0.5, 0.6) is 17.2 Å². The van der Waals surface area contributed by atoms with Gasteiger partial charge in [-0.25, -0.2) is 17.9 Å². The number of carboxylic acid groups (broad SMARTS) is 1. The molecule has 1 aromatic carbocycles. The maximum Gasteiger partial charge on any atom is 0.336 e. The molecule has 3 heterocycles. The third-order valence-corrected chi connectivity index (χ3v) is 7.40. The highest BCUT2D eigenvalue weighted by Crippen LogP contribution is 2.49. The zero-order valence-corrected chi connectivity index (χ0v) is 19.3. The Kier molecular flexibility index (Phi) is 5.95. The van der Waals surface area contributed by atoms with E-state index in [4.69, 9.17) is 30.3 Å². The molecule has 1 unspecified atom stereocenters. The second kappa shape index (κ2) is 8.57. The van der Waals surface area contributed by atoms with Gasteiger partial charge in [0.2, 0.25) is 18.4 Å². The quantitative estimate of drug-likeness (QED) is 0.480. The van der Waals surface area contributed by atoms with Crippen LogP contribution in [0, 0.1) is 6.92 Å². The minimum absolute atomic E-state index is 0.0448. The molecule has 0 bridgehead atoms. The third-order valence-electron chi connectivity index (χ3n) is 4.76. The minimum Gasteiger partial charge on any atom is -0.492 e. The van der Waals surface area contributed by atoms with Crippen molar-refractivity contribution >= 4 is 44.8 Å². The van der Waals surface area contributed by atoms with Crippen LogP contribution < -0.4 is 18.9 Å². The first-order chi connectivity index (χ1) is 15.7. The van der Waals surface area contributed by atoms with E-state index in [-0.39, 0.29) is 51.0 Å². The van der Waals surface area contributed by atoms with Gasteiger partial charge < -0.3 is 23.8 Å². The number of nitrogens with zero attached hydrogens (tertiary/aromatic N) is 1. The number of ether oxygens (including phenoxy) is 3. The number of fused-ring (bicyclic) bond motifs is 1. The van der Waals surface area contributed by atoms with Crippen LogP contribution in [-0.4, -0.2) is 44.5 Å². The number of halogens is 1. The number of aryl methyl sites for hydroxylation is 1. The molecule has 33 heavy (non-hydrogen) atoms. The smallest absolute Gasteiger partial charge is 0.336 e. The van der Waals surface area contributed by atoms with Gasteiger partial charge in [0.25, 0.3) is 10.0 Å². The summed E-state index contributed by atoms with van der Waals surface area (Å²) in [5.41, 5.74) is -0.443. The van der Waals surface area contributed by atoms with Crippen LogP contribution in [0.15, 0.2) is 32.3 Å². The number of carboxylic acids is 1. The minimum atomic E-state index is -4.29. The summed E-state index contributed by atoms with van der Waals surface area (Å²) in [6.45, 7) is 1.29. The zero-order chi connectivity index (χ0) is 23.9. The van der Waals surface area contributed by atoms with E-state index in [1.807, 2.05) is 4.72 Å². The number of hydrogen-bond donors (Lipinski definition) is 2. The Morgan fingerprint density at radius 1 is 1.36 bits per heavy atom. The molecule has 0 fully saturated rings. The largest absolute Gasteiger partial charge is 0.492 e. The molecule has 3 aromatic rings. The van der Waals surface area contributed by atoms with Crippen LogP contribution >= 0.6 is 22.9 Å². The molecule has 0 saturated heterocycles. The molecule has 1 aliphatic heterocycles. The van der Waals surface area contributed by atoms with Gasteiger partial charge in [-0.2, -0.15) is 11.3 Å². The second-order valence-electron chi connectivity index (χ2n) is 6.72. The van der Waals surface area contributed by atoms with Gasteiger partial charge in [0.05, 0.1) is 23.3 Å². The molecule has 0 aliphatic carbocycles. The van der Waals surface area contributed by atoms with E-state index in [1.165, 1.54) is 30.9 Å². The molecule has 1 aliphatic rings. The maximum absolute atomic E-state index is 13.4. The summed E-state index contributed by atoms with van der Waals surface area (Å²) in [4.78, 5) is 25.4. The molecule has 0 saturated carbocycles. The van der Waals surface area contributed by atoms with Crippen LogP contribution in [0.1, 0.15) is 33.3 Å². The Balaban J connectivity index is 1.95. The molecule has 14 heteroatoms. The second-order valence-corrected chi connectivity index (χ2v) is 9.56. The van der Waals surface area contributed by atoms with Gasteiger partial charge >= 0.3 is 5.97 Å². The average Bonchev–Trinajstić information content (AvgIpc) is 3.51. The van der Waals surface area contributed by atoms with E-state index in [2.05, 4.69) is 5.16 Å². The first-order valence-corrected chi connectivity index (χ1v) is 11.9. The summed E-state index contributed by atoms with van der Waals surface area (Å²) >= 11 is 7.40. The van der Waals surface area contributed by atoms with Gasteiger partial charge in [0.15, 0.2) is 17.3 Å². The lowest BCUT2D eigenvalue weighted by Crippen LogP contribution is -2.35. The van der Waals surface area contributed by atoms with Crippen molar-refractivity contribution in [2.75, 3.05) is 13.9 Å². The number of methoxy groups -OCH3 is 1. The van der Waals surface area contributed by atoms with Crippen LogP contribution in [-0.2, 0) is 14.8 Å². The van der Waals surface area contributed by atoms with Crippen LogP contribution in [0.2, 0.25) is 5.02 Å². The van der Waals surface area contributed by atoms with Crippen molar-refractivity contribution < 1.29 is 41.8 Å². The number of nitrogens with one attached hydrogen (secondary N) is 1. The number of carbonyl (C=O) groups is 2. The van der Waals surface area contributed by atoms with Crippen LogP contribution in [0.3, 0.4) is 0 Å². The highest BCUT2D eigenvalue weighted by Gasteiger charge is 2.40. The van der Waals surface area contributed by atoms with E-state index in [9.17, 15) is 23.1 Å². The fraction of sp³-hybridized carbons (Fsp3) is 0.211. The molecule has 2 aromatic heterocycles. The lowest BCUT2D eigenvalue weighted by molar-refractivity contribution is -0.120. The standard InChI is InChI=1S/C19H15ClN2O9S2/c1-8-14(20)16(31-21-8)13(18(23)22-33(26,27)9-3-4-32-6-9)12-10(19(24)25)5-11-15(17(12)28-2)30-7-29-11/h3-6,13H,7H2,1-2H3,(H,22,23)(H,24,25). The number of amides is 1. The number of benzene rings is 1. The Bertz CT molecular complexity index is 1350. The monoisotopic (exact) mass is 514 g/mol. The number of aromatic nitrogens is 1. The summed E-state index contributed by atoms with van der Waals surface area (Å²) in [6, 6.07) is 2.46. The molecule has 0 spiro atoms. The number of sulfonamides is 1. The predicted octanol–water partition coefficient (Wildman–Crippen LogP) is 2.77. The van der Waals surface area contributed by atoms with Crippen LogP contribution in [0.25, 0.3) is 0 Å². The maximum atomic E-state index is 13.4. The molecule has 0 radical (unpaired) electrons. The van der Waals surface area contributed by atoms with E-state index < -0.39 is 33.4 Å². The summed E-state index contributed by atoms with van der Waals surface area (Å²) in [5, 5.41) is 16.4. The first-order valence-electron chi connectivity index (χ1n) is 9.10. The highest BCUT2D eigenvalue weighted by molar-refractivity contribution is 7.90. The average molecular weight is 515 g/mol. The third kappa shape index (κ3) is 3.98. The lowest BCUT2D eigenvalue weighted by atomic mass is 9.89. The Hall–Kier alpha value is -3.29. The number of thiophene rings is 1. The Labute approximate surface area is 195 Å². The highest BCUT2D eigenvalue weighted by atomic mass is 35.5. The van der Waals surface area contributed by atoms with E-state index >= 15 is 0 Å². The summed E-state index contributed by atoms with van der Waals surface area (Å²) in [7, 11) is -3.05. The molecule has 2 N–H and O–H groups in total.